The molecular weight excluding hydrogens is 360 g/mol. The molecule has 0 radical (unpaired) electrons. The molecule has 3 aromatic rings. The first kappa shape index (κ1) is 18.8. The van der Waals surface area contributed by atoms with Crippen molar-refractivity contribution in [1.29, 1.82) is 0 Å². The van der Waals surface area contributed by atoms with Gasteiger partial charge in [0.05, 0.1) is 18.2 Å². The molecule has 0 saturated heterocycles. The van der Waals surface area contributed by atoms with Gasteiger partial charge in [0.15, 0.2) is 5.69 Å². The van der Waals surface area contributed by atoms with Gasteiger partial charge in [0.25, 0.3) is 11.8 Å². The number of anilines is 1. The van der Waals surface area contributed by atoms with Crippen LogP contribution in [0.1, 0.15) is 31.5 Å². The van der Waals surface area contributed by atoms with Crippen molar-refractivity contribution in [2.45, 2.75) is 0 Å². The van der Waals surface area contributed by atoms with Gasteiger partial charge in [0.1, 0.15) is 0 Å². The van der Waals surface area contributed by atoms with E-state index in [2.05, 4.69) is 26.9 Å². The van der Waals surface area contributed by atoms with E-state index in [4.69, 9.17) is 0 Å². The molecule has 0 spiro atoms. The minimum absolute atomic E-state index is 0.0888. The fourth-order valence-corrected chi connectivity index (χ4v) is 2.64. The maximum Gasteiger partial charge on any atom is 0.337 e. The molecule has 2 N–H and O–H groups in total. The lowest BCUT2D eigenvalue weighted by Crippen LogP contribution is -2.25. The standard InChI is InChI=1S/C20H18N4O4/c1-3-10-21-19(26)17-23-16(15-9-4-5-11-24(15)17)18(25)22-14-8-6-7-13(12-14)20(27)28-2/h3-9,11-12H,1,10H2,2H3,(H,21,26)(H,22,25). The molecule has 0 atom stereocenters. The molecule has 1 aromatic carbocycles. The first-order valence-electron chi connectivity index (χ1n) is 8.41. The van der Waals surface area contributed by atoms with E-state index in [9.17, 15) is 14.4 Å². The average Bonchev–Trinajstić information content (AvgIpc) is 3.11. The highest BCUT2D eigenvalue weighted by Crippen LogP contribution is 2.17. The Labute approximate surface area is 160 Å². The van der Waals surface area contributed by atoms with Gasteiger partial charge >= 0.3 is 5.97 Å². The summed E-state index contributed by atoms with van der Waals surface area (Å²) in [6.07, 6.45) is 3.20. The highest BCUT2D eigenvalue weighted by molar-refractivity contribution is 6.09. The Morgan fingerprint density at radius 1 is 1.18 bits per heavy atom. The zero-order valence-electron chi connectivity index (χ0n) is 15.1. The Morgan fingerprint density at radius 2 is 2.00 bits per heavy atom. The third-order valence-electron chi connectivity index (χ3n) is 3.92. The molecule has 0 aliphatic rings. The number of fused-ring (bicyclic) bond motifs is 1. The average molecular weight is 378 g/mol. The number of nitrogens with zero attached hydrogens (tertiary/aromatic N) is 2. The predicted molar refractivity (Wildman–Crippen MR) is 103 cm³/mol. The molecule has 0 fully saturated rings. The minimum atomic E-state index is -0.510. The topological polar surface area (TPSA) is 102 Å². The molecule has 0 unspecified atom stereocenters. The number of amides is 2. The summed E-state index contributed by atoms with van der Waals surface area (Å²) in [4.78, 5) is 41.0. The highest BCUT2D eigenvalue weighted by atomic mass is 16.5. The van der Waals surface area contributed by atoms with E-state index < -0.39 is 17.8 Å². The second-order valence-electron chi connectivity index (χ2n) is 5.77. The number of benzene rings is 1. The van der Waals surface area contributed by atoms with Gasteiger partial charge in [-0.2, -0.15) is 0 Å². The van der Waals surface area contributed by atoms with Gasteiger partial charge in [-0.3, -0.25) is 14.0 Å². The third kappa shape index (κ3) is 3.75. The molecule has 0 aliphatic carbocycles. The predicted octanol–water partition coefficient (Wildman–Crippen LogP) is 2.29. The van der Waals surface area contributed by atoms with Crippen LogP contribution < -0.4 is 10.6 Å². The van der Waals surface area contributed by atoms with Crippen LogP contribution in [-0.2, 0) is 4.74 Å². The minimum Gasteiger partial charge on any atom is -0.465 e. The molecule has 0 aliphatic heterocycles. The molecule has 2 aromatic heterocycles. The van der Waals surface area contributed by atoms with Gasteiger partial charge in [0.2, 0.25) is 5.82 Å². The lowest BCUT2D eigenvalue weighted by molar-refractivity contribution is 0.0600. The molecule has 3 rings (SSSR count). The summed E-state index contributed by atoms with van der Waals surface area (Å²) in [5.41, 5.74) is 1.28. The van der Waals surface area contributed by atoms with Crippen molar-refractivity contribution in [2.75, 3.05) is 19.0 Å². The van der Waals surface area contributed by atoms with E-state index >= 15 is 0 Å². The van der Waals surface area contributed by atoms with E-state index in [1.54, 1.807) is 48.7 Å². The molecule has 2 heterocycles. The van der Waals surface area contributed by atoms with Crippen molar-refractivity contribution in [3.8, 4) is 0 Å². The molecule has 2 amide bonds. The number of carbonyl (C=O) groups is 3. The lowest BCUT2D eigenvalue weighted by atomic mass is 10.2. The quantitative estimate of drug-likeness (QED) is 0.506. The van der Waals surface area contributed by atoms with Crippen LogP contribution in [0.25, 0.3) is 5.52 Å². The van der Waals surface area contributed by atoms with Crippen LogP contribution in [0.3, 0.4) is 0 Å². The van der Waals surface area contributed by atoms with Crippen LogP contribution in [0, 0.1) is 0 Å². The van der Waals surface area contributed by atoms with Gasteiger partial charge in [0, 0.05) is 18.4 Å². The summed E-state index contributed by atoms with van der Waals surface area (Å²) < 4.78 is 6.22. The van der Waals surface area contributed by atoms with Crippen molar-refractivity contribution in [1.82, 2.24) is 14.7 Å². The van der Waals surface area contributed by atoms with Gasteiger partial charge in [-0.15, -0.1) is 6.58 Å². The summed E-state index contributed by atoms with van der Waals surface area (Å²) in [6.45, 7) is 3.84. The van der Waals surface area contributed by atoms with Crippen LogP contribution in [-0.4, -0.2) is 40.8 Å². The number of aromatic nitrogens is 2. The first-order valence-corrected chi connectivity index (χ1v) is 8.41. The zero-order chi connectivity index (χ0) is 20.1. The fraction of sp³-hybridized carbons (Fsp3) is 0.100. The number of methoxy groups -OCH3 is 1. The Kier molecular flexibility index (Phi) is 5.50. The summed E-state index contributed by atoms with van der Waals surface area (Å²) in [7, 11) is 1.28. The van der Waals surface area contributed by atoms with Crippen LogP contribution in [0.5, 0.6) is 0 Å². The lowest BCUT2D eigenvalue weighted by Gasteiger charge is -2.05. The highest BCUT2D eigenvalue weighted by Gasteiger charge is 2.21. The first-order chi connectivity index (χ1) is 13.5. The zero-order valence-corrected chi connectivity index (χ0v) is 15.1. The number of hydrogen-bond donors (Lipinski definition) is 2. The van der Waals surface area contributed by atoms with Crippen LogP contribution in [0.15, 0.2) is 61.3 Å². The monoisotopic (exact) mass is 378 g/mol. The molecule has 142 valence electrons. The number of rotatable bonds is 6. The van der Waals surface area contributed by atoms with E-state index in [0.29, 0.717) is 16.8 Å². The van der Waals surface area contributed by atoms with E-state index in [-0.39, 0.29) is 18.1 Å². The Balaban J connectivity index is 1.93. The molecule has 8 heteroatoms. The molecule has 8 nitrogen and oxygen atoms in total. The number of hydrogen-bond acceptors (Lipinski definition) is 5. The summed E-state index contributed by atoms with van der Waals surface area (Å²) in [6, 6.07) is 11.5. The van der Waals surface area contributed by atoms with E-state index in [1.807, 2.05) is 0 Å². The number of imidazole rings is 1. The third-order valence-corrected chi connectivity index (χ3v) is 3.92. The largest absolute Gasteiger partial charge is 0.465 e. The van der Waals surface area contributed by atoms with Gasteiger partial charge in [-0.05, 0) is 30.3 Å². The molecule has 0 bridgehead atoms. The molecular formula is C20H18N4O4. The Hall–Kier alpha value is -3.94. The normalized spacial score (nSPS) is 10.3. The SMILES string of the molecule is C=CCNC(=O)c1nc(C(=O)Nc2cccc(C(=O)OC)c2)c2ccccn12. The summed E-state index contributed by atoms with van der Waals surface area (Å²) in [5, 5.41) is 5.34. The van der Waals surface area contributed by atoms with Crippen LogP contribution >= 0.6 is 0 Å². The van der Waals surface area contributed by atoms with E-state index in [0.717, 1.165) is 0 Å². The van der Waals surface area contributed by atoms with Crippen molar-refractivity contribution >= 4 is 29.0 Å². The summed E-state index contributed by atoms with van der Waals surface area (Å²) >= 11 is 0. The van der Waals surface area contributed by atoms with Gasteiger partial charge < -0.3 is 15.4 Å². The number of ether oxygens (including phenoxy) is 1. The Morgan fingerprint density at radius 3 is 2.75 bits per heavy atom. The van der Waals surface area contributed by atoms with E-state index in [1.165, 1.54) is 17.6 Å². The van der Waals surface area contributed by atoms with Crippen LogP contribution in [0.2, 0.25) is 0 Å². The number of carbonyl (C=O) groups excluding carboxylic acids is 3. The number of pyridine rings is 1. The Bertz CT molecular complexity index is 1070. The van der Waals surface area contributed by atoms with Crippen molar-refractivity contribution in [2.24, 2.45) is 0 Å². The van der Waals surface area contributed by atoms with Crippen molar-refractivity contribution in [3.05, 3.63) is 78.4 Å². The fourth-order valence-electron chi connectivity index (χ4n) is 2.64. The number of esters is 1. The molecule has 0 saturated carbocycles. The maximum absolute atomic E-state index is 12.8. The maximum atomic E-state index is 12.8. The van der Waals surface area contributed by atoms with Gasteiger partial charge in [-0.1, -0.05) is 18.2 Å². The summed E-state index contributed by atoms with van der Waals surface area (Å²) in [5.74, 6) is -1.35. The van der Waals surface area contributed by atoms with Crippen LogP contribution in [0.4, 0.5) is 5.69 Å². The smallest absolute Gasteiger partial charge is 0.337 e. The molecule has 28 heavy (non-hydrogen) atoms. The second-order valence-corrected chi connectivity index (χ2v) is 5.77. The second kappa shape index (κ2) is 8.17. The number of nitrogens with one attached hydrogen (secondary N) is 2. The van der Waals surface area contributed by atoms with Crippen molar-refractivity contribution in [3.63, 3.8) is 0 Å². The van der Waals surface area contributed by atoms with Gasteiger partial charge in [-0.25, -0.2) is 9.78 Å². The van der Waals surface area contributed by atoms with Crippen molar-refractivity contribution < 1.29 is 19.1 Å².